The highest BCUT2D eigenvalue weighted by atomic mass is 16.7. The second kappa shape index (κ2) is 18.6. The Kier molecular flexibility index (Phi) is 14.4. The Morgan fingerprint density at radius 3 is 2.48 bits per heavy atom. The molecule has 9 unspecified atom stereocenters. The van der Waals surface area contributed by atoms with Crippen LogP contribution in [-0.4, -0.2) is 114 Å². The van der Waals surface area contributed by atoms with Gasteiger partial charge in [0.15, 0.2) is 29.8 Å². The summed E-state index contributed by atoms with van der Waals surface area (Å²) in [5.41, 5.74) is -0.378. The van der Waals surface area contributed by atoms with Crippen LogP contribution in [0.5, 0.6) is 0 Å². The molecule has 50 heavy (non-hydrogen) atoms. The van der Waals surface area contributed by atoms with Gasteiger partial charge in [0.1, 0.15) is 36.6 Å². The number of esters is 2. The molecular formula is C34H44N4O12. The zero-order valence-corrected chi connectivity index (χ0v) is 27.9. The van der Waals surface area contributed by atoms with Crippen molar-refractivity contribution in [2.45, 2.75) is 101 Å². The number of aliphatic hydroxyl groups is 4. The number of nitrogens with zero attached hydrogens (tertiary/aromatic N) is 3. The third-order valence-electron chi connectivity index (χ3n) is 7.85. The van der Waals surface area contributed by atoms with E-state index in [0.29, 0.717) is 6.42 Å². The van der Waals surface area contributed by atoms with Crippen molar-refractivity contribution in [3.8, 4) is 0 Å². The second-order valence-corrected chi connectivity index (χ2v) is 11.7. The number of aromatic nitrogens is 4. The van der Waals surface area contributed by atoms with E-state index in [2.05, 4.69) is 21.9 Å². The summed E-state index contributed by atoms with van der Waals surface area (Å²) in [7, 11) is 0. The van der Waals surface area contributed by atoms with E-state index in [9.17, 15) is 34.8 Å². The van der Waals surface area contributed by atoms with Gasteiger partial charge in [-0.15, -0.1) is 0 Å². The first-order chi connectivity index (χ1) is 24.0. The number of ether oxygens (including phenoxy) is 5. The highest BCUT2D eigenvalue weighted by Crippen LogP contribution is 2.36. The number of carbonyl (C=O) groups is 2. The molecule has 0 amide bonds. The van der Waals surface area contributed by atoms with Gasteiger partial charge in [-0.1, -0.05) is 55.9 Å². The fraction of sp³-hybridized carbons (Fsp3) is 0.500. The molecule has 2 aliphatic heterocycles. The van der Waals surface area contributed by atoms with Crippen LogP contribution in [0.3, 0.4) is 0 Å². The fourth-order valence-electron chi connectivity index (χ4n) is 5.28. The van der Waals surface area contributed by atoms with Crippen molar-refractivity contribution < 1.29 is 53.7 Å². The lowest BCUT2D eigenvalue weighted by Gasteiger charge is -2.41. The Bertz CT molecular complexity index is 1630. The first kappa shape index (κ1) is 38.5. The number of hydrogen-bond acceptors (Lipinski definition) is 14. The number of rotatable bonds is 15. The van der Waals surface area contributed by atoms with Crippen LogP contribution in [0, 0.1) is 0 Å². The monoisotopic (exact) mass is 700 g/mol. The van der Waals surface area contributed by atoms with Crippen molar-refractivity contribution in [1.82, 2.24) is 19.5 Å². The predicted octanol–water partition coefficient (Wildman–Crippen LogP) is 1.04. The Morgan fingerprint density at radius 1 is 1.00 bits per heavy atom. The molecule has 2 saturated heterocycles. The van der Waals surface area contributed by atoms with Crippen molar-refractivity contribution in [1.29, 1.82) is 0 Å². The Morgan fingerprint density at radius 2 is 1.74 bits per heavy atom. The summed E-state index contributed by atoms with van der Waals surface area (Å²) in [4.78, 5) is 47.0. The van der Waals surface area contributed by atoms with E-state index in [1.54, 1.807) is 43.4 Å². The summed E-state index contributed by atoms with van der Waals surface area (Å²) >= 11 is 0. The lowest BCUT2D eigenvalue weighted by Crippen LogP contribution is -2.59. The number of imidazole rings is 1. The van der Waals surface area contributed by atoms with E-state index in [4.69, 9.17) is 23.7 Å². The van der Waals surface area contributed by atoms with Crippen LogP contribution < -0.4 is 5.56 Å². The molecule has 4 rings (SSSR count). The molecule has 0 aliphatic carbocycles. The quantitative estimate of drug-likeness (QED) is 0.0758. The third kappa shape index (κ3) is 9.91. The Balaban J connectivity index is 1.27. The van der Waals surface area contributed by atoms with Crippen molar-refractivity contribution in [2.75, 3.05) is 6.61 Å². The van der Waals surface area contributed by atoms with Gasteiger partial charge in [0.05, 0.1) is 25.4 Å². The van der Waals surface area contributed by atoms with E-state index < -0.39 is 85.5 Å². The number of H-pyrrole nitrogens is 1. The second-order valence-electron chi connectivity index (χ2n) is 11.7. The molecule has 16 heteroatoms. The summed E-state index contributed by atoms with van der Waals surface area (Å²) in [5, 5.41) is 42.4. The van der Waals surface area contributed by atoms with Crippen LogP contribution in [0.4, 0.5) is 0 Å². The van der Waals surface area contributed by atoms with Crippen molar-refractivity contribution >= 4 is 23.1 Å². The van der Waals surface area contributed by atoms with E-state index in [1.165, 1.54) is 36.3 Å². The van der Waals surface area contributed by atoms with Gasteiger partial charge in [-0.3, -0.25) is 9.36 Å². The molecular weight excluding hydrogens is 656 g/mol. The maximum atomic E-state index is 12.5. The lowest BCUT2D eigenvalue weighted by atomic mass is 9.99. The van der Waals surface area contributed by atoms with Gasteiger partial charge in [0.25, 0.3) is 5.56 Å². The van der Waals surface area contributed by atoms with Crippen LogP contribution in [-0.2, 0) is 33.3 Å². The number of nitrogens with one attached hydrogen (secondary N) is 1. The standard InChI is InChI=1S/C34H44N4O12/c1-4-5-6-8-12-15-23(40)46-20(2)14-11-9-7-10-13-16-24(41)49-29-21(3)47-34(28(44)27(29)43)50-30-26(42)22(17-39)48-33(30)38-19-37-25-31(38)35-18-36-32(25)45/h6-8,10-16,18-22,26-30,33-34,39,42-44H,4-5,9,17H2,1-3H3,(H,35,36,45)/b8-6+,10-7+,14-11-,15-12+,16-13+/t20-,21?,22?,26?,27?,28?,29?,30?,33?,34?/m0/s1. The van der Waals surface area contributed by atoms with E-state index in [-0.39, 0.29) is 11.2 Å². The first-order valence-electron chi connectivity index (χ1n) is 16.3. The molecule has 0 aromatic carbocycles. The molecule has 0 bridgehead atoms. The minimum atomic E-state index is -1.72. The average molecular weight is 701 g/mol. The molecule has 16 nitrogen and oxygen atoms in total. The average Bonchev–Trinajstić information content (AvgIpc) is 3.66. The van der Waals surface area contributed by atoms with Gasteiger partial charge in [-0.25, -0.2) is 19.6 Å². The van der Waals surface area contributed by atoms with Gasteiger partial charge >= 0.3 is 11.9 Å². The van der Waals surface area contributed by atoms with Crippen LogP contribution >= 0.6 is 0 Å². The number of aliphatic hydroxyl groups excluding tert-OH is 4. The van der Waals surface area contributed by atoms with E-state index in [1.807, 2.05) is 6.08 Å². The molecule has 2 aliphatic rings. The van der Waals surface area contributed by atoms with Crippen LogP contribution in [0.2, 0.25) is 0 Å². The third-order valence-corrected chi connectivity index (χ3v) is 7.85. The number of unbranched alkanes of at least 4 members (excludes halogenated alkanes) is 1. The van der Waals surface area contributed by atoms with E-state index in [0.717, 1.165) is 18.9 Å². The zero-order chi connectivity index (χ0) is 36.2. The van der Waals surface area contributed by atoms with Gasteiger partial charge in [-0.2, -0.15) is 0 Å². The lowest BCUT2D eigenvalue weighted by molar-refractivity contribution is -0.314. The molecule has 5 N–H and O–H groups in total. The van der Waals surface area contributed by atoms with Crippen molar-refractivity contribution in [2.24, 2.45) is 0 Å². The highest BCUT2D eigenvalue weighted by molar-refractivity contribution is 5.83. The smallest absolute Gasteiger partial charge is 0.331 e. The number of hydrogen-bond donors (Lipinski definition) is 5. The highest BCUT2D eigenvalue weighted by Gasteiger charge is 2.51. The van der Waals surface area contributed by atoms with Gasteiger partial charge in [0.2, 0.25) is 0 Å². The summed E-state index contributed by atoms with van der Waals surface area (Å²) in [6.07, 6.45) is 8.75. The van der Waals surface area contributed by atoms with Gasteiger partial charge in [0, 0.05) is 12.2 Å². The largest absolute Gasteiger partial charge is 0.455 e. The molecule has 10 atom stereocenters. The fourth-order valence-corrected chi connectivity index (χ4v) is 5.28. The topological polar surface area (TPSA) is 225 Å². The van der Waals surface area contributed by atoms with Crippen LogP contribution in [0.1, 0.15) is 46.3 Å². The molecule has 4 heterocycles. The van der Waals surface area contributed by atoms with Gasteiger partial charge in [-0.05, 0) is 32.8 Å². The van der Waals surface area contributed by atoms with Crippen molar-refractivity contribution in [3.63, 3.8) is 0 Å². The molecule has 2 fully saturated rings. The minimum absolute atomic E-state index is 0.00465. The maximum Gasteiger partial charge on any atom is 0.331 e. The molecule has 0 spiro atoms. The zero-order valence-electron chi connectivity index (χ0n) is 27.9. The SMILES string of the molecule is CCC/C=C/C=C/C(=O)O[C@@H](C)/C=C\C/C=C/C=C/C(=O)OC1C(C)OC(OC2C(O)C(CO)OC2n2cnc3c(=O)[nH]cnc32)C(O)C1O. The number of allylic oxidation sites excluding steroid dienone is 7. The summed E-state index contributed by atoms with van der Waals surface area (Å²) < 4.78 is 29.4. The maximum absolute atomic E-state index is 12.5. The van der Waals surface area contributed by atoms with Gasteiger partial charge < -0.3 is 49.1 Å². The summed E-state index contributed by atoms with van der Waals surface area (Å²) in [5.74, 6) is -1.24. The summed E-state index contributed by atoms with van der Waals surface area (Å²) in [6, 6.07) is 0. The minimum Gasteiger partial charge on any atom is -0.455 e. The normalized spacial score (nSPS) is 29.7. The Hall–Kier alpha value is -4.29. The number of carbonyl (C=O) groups excluding carboxylic acids is 2. The van der Waals surface area contributed by atoms with Crippen LogP contribution in [0.15, 0.2) is 78.2 Å². The van der Waals surface area contributed by atoms with E-state index >= 15 is 0 Å². The predicted molar refractivity (Wildman–Crippen MR) is 177 cm³/mol. The molecule has 2 aromatic heterocycles. The number of fused-ring (bicyclic) bond motifs is 1. The van der Waals surface area contributed by atoms with Crippen LogP contribution in [0.25, 0.3) is 11.2 Å². The first-order valence-corrected chi connectivity index (χ1v) is 16.3. The molecule has 2 aromatic rings. The number of aromatic amines is 1. The summed E-state index contributed by atoms with van der Waals surface area (Å²) in [6.45, 7) is 4.74. The molecule has 0 radical (unpaired) electrons. The molecule has 0 saturated carbocycles. The van der Waals surface area contributed by atoms with Crippen molar-refractivity contribution in [3.05, 3.63) is 83.8 Å². The molecule has 272 valence electrons. The Labute approximate surface area is 288 Å².